The van der Waals surface area contributed by atoms with Crippen LogP contribution in [0.15, 0.2) is 12.3 Å². The first-order valence-electron chi connectivity index (χ1n) is 5.67. The number of halogens is 2. The van der Waals surface area contributed by atoms with Gasteiger partial charge in [0.15, 0.2) is 0 Å². The molecule has 1 aromatic rings. The molecule has 0 spiro atoms. The van der Waals surface area contributed by atoms with E-state index in [2.05, 4.69) is 9.88 Å². The molecular weight excluding hydrogens is 226 g/mol. The Morgan fingerprint density at radius 3 is 2.82 bits per heavy atom. The van der Waals surface area contributed by atoms with Crippen LogP contribution in [0.2, 0.25) is 0 Å². The van der Waals surface area contributed by atoms with E-state index in [1.54, 1.807) is 0 Å². The highest BCUT2D eigenvalue weighted by molar-refractivity contribution is 5.28. The number of likely N-dealkylation sites (N-methyl/N-ethyl adjacent to an activating group) is 1. The Kier molecular flexibility index (Phi) is 3.89. The van der Waals surface area contributed by atoms with Crippen molar-refractivity contribution in [1.82, 2.24) is 9.88 Å². The van der Waals surface area contributed by atoms with Gasteiger partial charge in [0.05, 0.1) is 11.9 Å². The van der Waals surface area contributed by atoms with Gasteiger partial charge in [-0.15, -0.1) is 0 Å². The molecule has 1 aliphatic rings. The molecule has 5 heteroatoms. The Labute approximate surface area is 99.4 Å². The lowest BCUT2D eigenvalue weighted by Gasteiger charge is -2.37. The summed E-state index contributed by atoms with van der Waals surface area (Å²) in [5.41, 5.74) is 0.424. The van der Waals surface area contributed by atoms with E-state index < -0.39 is 13.3 Å². The SMILES string of the molecule is CN1CCC1COc1cnc(CF)c(CF)c1. The second kappa shape index (κ2) is 5.40. The van der Waals surface area contributed by atoms with Crippen LogP contribution in [0.3, 0.4) is 0 Å². The zero-order valence-corrected chi connectivity index (χ0v) is 9.83. The first-order chi connectivity index (χ1) is 8.24. The number of pyridine rings is 1. The molecule has 1 unspecified atom stereocenters. The van der Waals surface area contributed by atoms with Crippen molar-refractivity contribution < 1.29 is 13.5 Å². The first kappa shape index (κ1) is 12.2. The molecule has 0 aromatic carbocycles. The number of alkyl halides is 2. The van der Waals surface area contributed by atoms with Crippen molar-refractivity contribution in [1.29, 1.82) is 0 Å². The molecule has 1 saturated heterocycles. The van der Waals surface area contributed by atoms with Gasteiger partial charge in [-0.05, 0) is 26.1 Å². The Balaban J connectivity index is 1.96. The second-order valence-electron chi connectivity index (χ2n) is 4.28. The number of rotatable bonds is 5. The van der Waals surface area contributed by atoms with Gasteiger partial charge in [-0.25, -0.2) is 8.78 Å². The monoisotopic (exact) mass is 242 g/mol. The van der Waals surface area contributed by atoms with Crippen LogP contribution in [0.1, 0.15) is 17.7 Å². The Morgan fingerprint density at radius 1 is 1.47 bits per heavy atom. The molecule has 0 aliphatic carbocycles. The Hall–Kier alpha value is -1.23. The van der Waals surface area contributed by atoms with E-state index in [9.17, 15) is 8.78 Å². The third-order valence-corrected chi connectivity index (χ3v) is 3.19. The lowest BCUT2D eigenvalue weighted by Crippen LogP contribution is -2.48. The van der Waals surface area contributed by atoms with Gasteiger partial charge in [-0.2, -0.15) is 0 Å². The van der Waals surface area contributed by atoms with Crippen LogP contribution in [-0.4, -0.2) is 36.1 Å². The first-order valence-corrected chi connectivity index (χ1v) is 5.67. The van der Waals surface area contributed by atoms with Crippen LogP contribution in [-0.2, 0) is 13.3 Å². The molecule has 1 atom stereocenters. The third-order valence-electron chi connectivity index (χ3n) is 3.19. The number of ether oxygens (including phenoxy) is 1. The maximum absolute atomic E-state index is 12.6. The highest BCUT2D eigenvalue weighted by Crippen LogP contribution is 2.20. The summed E-state index contributed by atoms with van der Waals surface area (Å²) < 4.78 is 30.6. The maximum atomic E-state index is 12.6. The number of aromatic nitrogens is 1. The van der Waals surface area contributed by atoms with Gasteiger partial charge < -0.3 is 4.74 Å². The summed E-state index contributed by atoms with van der Waals surface area (Å²) >= 11 is 0. The molecule has 0 radical (unpaired) electrons. The summed E-state index contributed by atoms with van der Waals surface area (Å²) in [4.78, 5) is 6.05. The van der Waals surface area contributed by atoms with Crippen LogP contribution in [0, 0.1) is 0 Å². The van der Waals surface area contributed by atoms with Gasteiger partial charge in [0.2, 0.25) is 0 Å². The highest BCUT2D eigenvalue weighted by Gasteiger charge is 2.24. The topological polar surface area (TPSA) is 25.4 Å². The van der Waals surface area contributed by atoms with Crippen molar-refractivity contribution in [3.63, 3.8) is 0 Å². The summed E-state index contributed by atoms with van der Waals surface area (Å²) in [5, 5.41) is 0. The molecular formula is C12H16F2N2O. The second-order valence-corrected chi connectivity index (χ2v) is 4.28. The van der Waals surface area contributed by atoms with E-state index in [-0.39, 0.29) is 11.3 Å². The van der Waals surface area contributed by atoms with E-state index in [4.69, 9.17) is 4.74 Å². The van der Waals surface area contributed by atoms with Crippen LogP contribution < -0.4 is 4.74 Å². The molecule has 1 aliphatic heterocycles. The molecule has 0 amide bonds. The van der Waals surface area contributed by atoms with Crippen LogP contribution in [0.4, 0.5) is 8.78 Å². The minimum absolute atomic E-state index is 0.153. The maximum Gasteiger partial charge on any atom is 0.138 e. The third kappa shape index (κ3) is 2.72. The van der Waals surface area contributed by atoms with Crippen molar-refractivity contribution in [3.05, 3.63) is 23.5 Å². The van der Waals surface area contributed by atoms with Crippen LogP contribution in [0.25, 0.3) is 0 Å². The summed E-state index contributed by atoms with van der Waals surface area (Å²) in [5.74, 6) is 0.509. The van der Waals surface area contributed by atoms with Crippen molar-refractivity contribution in [3.8, 4) is 5.75 Å². The van der Waals surface area contributed by atoms with Crippen LogP contribution >= 0.6 is 0 Å². The summed E-state index contributed by atoms with van der Waals surface area (Å²) in [6.45, 7) is 0.194. The number of hydrogen-bond acceptors (Lipinski definition) is 3. The van der Waals surface area contributed by atoms with E-state index in [0.29, 0.717) is 18.4 Å². The van der Waals surface area contributed by atoms with Gasteiger partial charge in [-0.1, -0.05) is 0 Å². The highest BCUT2D eigenvalue weighted by atomic mass is 19.1. The Bertz CT molecular complexity index is 387. The molecule has 0 saturated carbocycles. The average molecular weight is 242 g/mol. The molecule has 2 heterocycles. The van der Waals surface area contributed by atoms with Gasteiger partial charge in [-0.3, -0.25) is 9.88 Å². The van der Waals surface area contributed by atoms with E-state index >= 15 is 0 Å². The molecule has 2 rings (SSSR count). The minimum atomic E-state index is -0.745. The lowest BCUT2D eigenvalue weighted by atomic mass is 10.1. The summed E-state index contributed by atoms with van der Waals surface area (Å²) in [7, 11) is 2.04. The van der Waals surface area contributed by atoms with Crippen molar-refractivity contribution in [2.45, 2.75) is 25.8 Å². The molecule has 1 aromatic heterocycles. The molecule has 94 valence electrons. The molecule has 0 N–H and O–H groups in total. The zero-order chi connectivity index (χ0) is 12.3. The molecule has 1 fully saturated rings. The standard InChI is InChI=1S/C12H16F2N2O/c1-16-3-2-10(16)8-17-11-4-9(5-13)12(6-14)15-7-11/h4,7,10H,2-3,5-6,8H2,1H3. The average Bonchev–Trinajstić information content (AvgIpc) is 2.36. The van der Waals surface area contributed by atoms with Gasteiger partial charge in [0, 0.05) is 11.6 Å². The van der Waals surface area contributed by atoms with Crippen molar-refractivity contribution in [2.75, 3.05) is 20.2 Å². The predicted molar refractivity (Wildman–Crippen MR) is 60.4 cm³/mol. The Morgan fingerprint density at radius 2 is 2.29 bits per heavy atom. The molecule has 0 bridgehead atoms. The summed E-state index contributed by atoms with van der Waals surface area (Å²) in [6.07, 6.45) is 2.56. The zero-order valence-electron chi connectivity index (χ0n) is 9.83. The fraction of sp³-hybridized carbons (Fsp3) is 0.583. The predicted octanol–water partition coefficient (Wildman–Crippen LogP) is 2.10. The molecule has 3 nitrogen and oxygen atoms in total. The van der Waals surface area contributed by atoms with Gasteiger partial charge in [0.25, 0.3) is 0 Å². The minimum Gasteiger partial charge on any atom is -0.490 e. The van der Waals surface area contributed by atoms with Crippen LogP contribution in [0.5, 0.6) is 5.75 Å². The molecule has 17 heavy (non-hydrogen) atoms. The quantitative estimate of drug-likeness (QED) is 0.790. The van der Waals surface area contributed by atoms with Gasteiger partial charge >= 0.3 is 0 Å². The van der Waals surface area contributed by atoms with Gasteiger partial charge in [0.1, 0.15) is 25.7 Å². The normalized spacial score (nSPS) is 20.1. The van der Waals surface area contributed by atoms with Crippen molar-refractivity contribution >= 4 is 0 Å². The summed E-state index contributed by atoms with van der Waals surface area (Å²) in [6, 6.07) is 1.95. The fourth-order valence-corrected chi connectivity index (χ4v) is 1.80. The largest absolute Gasteiger partial charge is 0.490 e. The smallest absolute Gasteiger partial charge is 0.138 e. The lowest BCUT2D eigenvalue weighted by molar-refractivity contribution is 0.0766. The number of nitrogens with zero attached hydrogens (tertiary/aromatic N) is 2. The van der Waals surface area contributed by atoms with E-state index in [1.807, 2.05) is 7.05 Å². The number of likely N-dealkylation sites (tertiary alicyclic amines) is 1. The fourth-order valence-electron chi connectivity index (χ4n) is 1.80. The number of hydrogen-bond donors (Lipinski definition) is 0. The van der Waals surface area contributed by atoms with Crippen molar-refractivity contribution in [2.24, 2.45) is 0 Å². The van der Waals surface area contributed by atoms with E-state index in [1.165, 1.54) is 12.3 Å². The van der Waals surface area contributed by atoms with E-state index in [0.717, 1.165) is 13.0 Å².